The van der Waals surface area contributed by atoms with Gasteiger partial charge in [-0.05, 0) is 18.2 Å². The first-order valence-corrected chi connectivity index (χ1v) is 7.74. The van der Waals surface area contributed by atoms with Crippen molar-refractivity contribution in [3.05, 3.63) is 36.1 Å². The molecule has 0 amide bonds. The molecule has 0 bridgehead atoms. The van der Waals surface area contributed by atoms with Gasteiger partial charge < -0.3 is 9.73 Å². The fraction of sp³-hybridized carbons (Fsp3) is 0.273. The van der Waals surface area contributed by atoms with E-state index in [9.17, 15) is 0 Å². The van der Waals surface area contributed by atoms with Crippen molar-refractivity contribution < 1.29 is 4.42 Å². The van der Waals surface area contributed by atoms with Gasteiger partial charge in [0.05, 0.1) is 6.26 Å². The molecule has 114 valence electrons. The Morgan fingerprint density at radius 3 is 2.38 bits per heavy atom. The fourth-order valence-corrected chi connectivity index (χ4v) is 1.87. The third kappa shape index (κ3) is 5.23. The largest absolute Gasteiger partial charge is 0.461 e. The molecule has 1 aliphatic heterocycles. The Labute approximate surface area is 150 Å². The van der Waals surface area contributed by atoms with E-state index >= 15 is 0 Å². The number of amidine groups is 2. The second-order valence-corrected chi connectivity index (χ2v) is 8.70. The SMILES string of the molecule is ClC(Cl)(Cl)CC=C1N=C(C(Cl)(Cl)Cl)N=C(c2ccco2)N1. The molecule has 1 N–H and O–H groups in total. The summed E-state index contributed by atoms with van der Waals surface area (Å²) in [5, 5.41) is 2.91. The molecule has 0 unspecified atom stereocenters. The summed E-state index contributed by atoms with van der Waals surface area (Å²) in [6, 6.07) is 3.39. The number of aliphatic imine (C=N–C) groups is 2. The van der Waals surface area contributed by atoms with Crippen LogP contribution in [0.25, 0.3) is 0 Å². The number of allylic oxidation sites excluding steroid dienone is 1. The van der Waals surface area contributed by atoms with Gasteiger partial charge in [0.1, 0.15) is 5.82 Å². The predicted molar refractivity (Wildman–Crippen MR) is 89.1 cm³/mol. The summed E-state index contributed by atoms with van der Waals surface area (Å²) in [5.41, 5.74) is 0. The van der Waals surface area contributed by atoms with Crippen molar-refractivity contribution in [3.8, 4) is 0 Å². The summed E-state index contributed by atoms with van der Waals surface area (Å²) in [7, 11) is 0. The van der Waals surface area contributed by atoms with Gasteiger partial charge in [0.15, 0.2) is 21.2 Å². The standard InChI is InChI=1S/C11H7Cl6N3O/c12-10(13,14)4-3-7-18-8(6-2-1-5-21-6)20-9(19-7)11(15,16)17/h1-3,5H,4H2,(H,18,19,20). The molecule has 4 nitrogen and oxygen atoms in total. The molecule has 2 rings (SSSR count). The maximum absolute atomic E-state index is 5.82. The molecule has 1 aromatic heterocycles. The third-order valence-electron chi connectivity index (χ3n) is 2.23. The molecule has 0 radical (unpaired) electrons. The number of alkyl halides is 6. The topological polar surface area (TPSA) is 49.9 Å². The maximum Gasteiger partial charge on any atom is 0.250 e. The van der Waals surface area contributed by atoms with Crippen LogP contribution in [0.3, 0.4) is 0 Å². The van der Waals surface area contributed by atoms with Gasteiger partial charge in [-0.1, -0.05) is 69.6 Å². The zero-order valence-electron chi connectivity index (χ0n) is 10.1. The average Bonchev–Trinajstić information content (AvgIpc) is 2.88. The molecule has 0 atom stereocenters. The van der Waals surface area contributed by atoms with Gasteiger partial charge in [-0.3, -0.25) is 0 Å². The number of nitrogens with one attached hydrogen (secondary N) is 1. The van der Waals surface area contributed by atoms with Crippen LogP contribution in [0.15, 0.2) is 44.7 Å². The molecule has 0 saturated carbocycles. The number of halogens is 6. The van der Waals surface area contributed by atoms with Crippen LogP contribution < -0.4 is 5.32 Å². The number of nitrogens with zero attached hydrogens (tertiary/aromatic N) is 2. The minimum Gasteiger partial charge on any atom is -0.461 e. The maximum atomic E-state index is 5.82. The highest BCUT2D eigenvalue weighted by Gasteiger charge is 2.32. The quantitative estimate of drug-likeness (QED) is 0.699. The summed E-state index contributed by atoms with van der Waals surface area (Å²) in [6.45, 7) is 0. The van der Waals surface area contributed by atoms with E-state index in [4.69, 9.17) is 74.0 Å². The molecule has 10 heteroatoms. The number of hydrogen-bond donors (Lipinski definition) is 1. The lowest BCUT2D eigenvalue weighted by atomic mass is 10.3. The number of hydrogen-bond acceptors (Lipinski definition) is 4. The highest BCUT2D eigenvalue weighted by atomic mass is 35.6. The van der Waals surface area contributed by atoms with E-state index in [-0.39, 0.29) is 12.3 Å². The molecule has 21 heavy (non-hydrogen) atoms. The minimum atomic E-state index is -1.79. The molecule has 2 heterocycles. The van der Waals surface area contributed by atoms with Crippen molar-refractivity contribution in [1.82, 2.24) is 5.32 Å². The van der Waals surface area contributed by atoms with E-state index < -0.39 is 7.59 Å². The molecule has 1 aliphatic rings. The van der Waals surface area contributed by atoms with Gasteiger partial charge in [0.2, 0.25) is 3.79 Å². The van der Waals surface area contributed by atoms with Gasteiger partial charge in [0, 0.05) is 6.42 Å². The second-order valence-electron chi connectivity index (χ2n) is 3.90. The number of furan rings is 1. The van der Waals surface area contributed by atoms with Gasteiger partial charge in [-0.2, -0.15) is 0 Å². The van der Waals surface area contributed by atoms with Crippen molar-refractivity contribution in [2.24, 2.45) is 9.98 Å². The average molecular weight is 410 g/mol. The van der Waals surface area contributed by atoms with Gasteiger partial charge in [-0.15, -0.1) is 0 Å². The summed E-state index contributed by atoms with van der Waals surface area (Å²) in [4.78, 5) is 8.20. The van der Waals surface area contributed by atoms with Crippen LogP contribution in [0.1, 0.15) is 12.2 Å². The first-order chi connectivity index (χ1) is 9.65. The first-order valence-electron chi connectivity index (χ1n) is 5.47. The molecule has 0 spiro atoms. The van der Waals surface area contributed by atoms with Crippen molar-refractivity contribution >= 4 is 81.3 Å². The third-order valence-corrected chi connectivity index (χ3v) is 3.20. The summed E-state index contributed by atoms with van der Waals surface area (Å²) < 4.78 is 2.00. The lowest BCUT2D eigenvalue weighted by Gasteiger charge is -2.19. The second kappa shape index (κ2) is 6.57. The Bertz CT molecular complexity index is 594. The molecule has 0 fully saturated rings. The van der Waals surface area contributed by atoms with Crippen LogP contribution >= 0.6 is 69.6 Å². The van der Waals surface area contributed by atoms with Crippen LogP contribution in [0.2, 0.25) is 0 Å². The fourth-order valence-electron chi connectivity index (χ4n) is 1.39. The summed E-state index contributed by atoms with van der Waals surface area (Å²) >= 11 is 34.6. The molecule has 0 aliphatic carbocycles. The zero-order valence-corrected chi connectivity index (χ0v) is 14.6. The van der Waals surface area contributed by atoms with Gasteiger partial charge in [0.25, 0.3) is 0 Å². The van der Waals surface area contributed by atoms with Crippen molar-refractivity contribution in [2.75, 3.05) is 0 Å². The van der Waals surface area contributed by atoms with Gasteiger partial charge >= 0.3 is 0 Å². The Kier molecular flexibility index (Phi) is 5.40. The van der Waals surface area contributed by atoms with Crippen molar-refractivity contribution in [1.29, 1.82) is 0 Å². The van der Waals surface area contributed by atoms with Crippen LogP contribution in [0.4, 0.5) is 0 Å². The summed E-state index contributed by atoms with van der Waals surface area (Å²) in [6.07, 6.45) is 3.16. The van der Waals surface area contributed by atoms with Crippen LogP contribution in [0.5, 0.6) is 0 Å². The van der Waals surface area contributed by atoms with Crippen molar-refractivity contribution in [2.45, 2.75) is 14.0 Å². The first kappa shape index (κ1) is 17.3. The summed E-state index contributed by atoms with van der Waals surface area (Å²) in [5.74, 6) is 1.11. The van der Waals surface area contributed by atoms with Crippen LogP contribution in [0, 0.1) is 0 Å². The van der Waals surface area contributed by atoms with E-state index in [1.807, 2.05) is 0 Å². The van der Waals surface area contributed by atoms with E-state index in [0.29, 0.717) is 17.4 Å². The Hall–Kier alpha value is -0.100. The van der Waals surface area contributed by atoms with Crippen molar-refractivity contribution in [3.63, 3.8) is 0 Å². The van der Waals surface area contributed by atoms with E-state index in [1.54, 1.807) is 18.2 Å². The monoisotopic (exact) mass is 407 g/mol. The minimum absolute atomic E-state index is 0.0202. The van der Waals surface area contributed by atoms with Crippen LogP contribution in [-0.4, -0.2) is 19.3 Å². The van der Waals surface area contributed by atoms with Crippen LogP contribution in [-0.2, 0) is 0 Å². The Balaban J connectivity index is 2.34. The molecule has 0 saturated heterocycles. The van der Waals surface area contributed by atoms with E-state index in [0.717, 1.165) is 0 Å². The highest BCUT2D eigenvalue weighted by molar-refractivity contribution is 6.77. The lowest BCUT2D eigenvalue weighted by Crippen LogP contribution is -2.32. The zero-order chi connectivity index (χ0) is 15.7. The Morgan fingerprint density at radius 2 is 1.86 bits per heavy atom. The Morgan fingerprint density at radius 1 is 1.14 bits per heavy atom. The molecule has 1 aromatic rings. The van der Waals surface area contributed by atoms with E-state index in [2.05, 4.69) is 15.3 Å². The smallest absolute Gasteiger partial charge is 0.250 e. The molecule has 0 aromatic carbocycles. The highest BCUT2D eigenvalue weighted by Crippen LogP contribution is 2.33. The molecular weight excluding hydrogens is 403 g/mol. The van der Waals surface area contributed by atoms with Gasteiger partial charge in [-0.25, -0.2) is 9.98 Å². The lowest BCUT2D eigenvalue weighted by molar-refractivity contribution is 0.554. The number of rotatable bonds is 2. The van der Waals surface area contributed by atoms with E-state index in [1.165, 1.54) is 6.26 Å². The predicted octanol–water partition coefficient (Wildman–Crippen LogP) is 5.00. The normalized spacial score (nSPS) is 18.3. The molecular formula is C11H7Cl6N3O.